The van der Waals surface area contributed by atoms with E-state index < -0.39 is 26.5 Å². The van der Waals surface area contributed by atoms with Crippen LogP contribution in [0.5, 0.6) is 0 Å². The van der Waals surface area contributed by atoms with Gasteiger partial charge in [-0.05, 0) is 0 Å². The van der Waals surface area contributed by atoms with E-state index in [0.717, 1.165) is 0 Å². The molecule has 0 aliphatic carbocycles. The van der Waals surface area contributed by atoms with Gasteiger partial charge in [0, 0.05) is 0 Å². The van der Waals surface area contributed by atoms with Crippen molar-refractivity contribution in [3.05, 3.63) is 30.3 Å². The van der Waals surface area contributed by atoms with Crippen molar-refractivity contribution < 1.29 is 13.3 Å². The van der Waals surface area contributed by atoms with Gasteiger partial charge in [0.15, 0.2) is 0 Å². The van der Waals surface area contributed by atoms with E-state index in [1.807, 2.05) is 18.2 Å². The second kappa shape index (κ2) is 5.86. The summed E-state index contributed by atoms with van der Waals surface area (Å²) in [5, 5.41) is 0. The Morgan fingerprint density at radius 1 is 0.929 bits per heavy atom. The minimum atomic E-state index is -2.33. The average Bonchev–Trinajstić information content (AvgIpc) is 2.28. The molecule has 0 aromatic heterocycles. The number of hydrogen-bond donors (Lipinski definition) is 0. The molecule has 0 saturated carbocycles. The van der Waals surface area contributed by atoms with E-state index in [9.17, 15) is 0 Å². The van der Waals surface area contributed by atoms with Crippen LogP contribution in [0.25, 0.3) is 0 Å². The summed E-state index contributed by atoms with van der Waals surface area (Å²) in [5.74, 6) is 0. The van der Waals surface area contributed by atoms with Gasteiger partial charge >= 0.3 is 95.0 Å². The quantitative estimate of drug-likeness (QED) is 0.733. The van der Waals surface area contributed by atoms with Crippen LogP contribution in [0.4, 0.5) is 0 Å². The summed E-state index contributed by atoms with van der Waals surface area (Å²) in [7, 11) is 4.98. The fourth-order valence-corrected chi connectivity index (χ4v) is 8.41. The van der Waals surface area contributed by atoms with Crippen molar-refractivity contribution in [2.24, 2.45) is 0 Å². The molecule has 5 heteroatoms. The molecule has 0 radical (unpaired) electrons. The summed E-state index contributed by atoms with van der Waals surface area (Å²) < 4.78 is 17.5. The van der Waals surface area contributed by atoms with Crippen molar-refractivity contribution in [1.82, 2.24) is 0 Å². The van der Waals surface area contributed by atoms with E-state index in [-0.39, 0.29) is 0 Å². The molecule has 78 valence electrons. The SMILES string of the molecule is CO[Si](OC)(OC)[Te]c1ccccc1. The molecule has 0 aliphatic rings. The van der Waals surface area contributed by atoms with Crippen LogP contribution in [0.15, 0.2) is 30.3 Å². The molecular weight excluding hydrogens is 312 g/mol. The van der Waals surface area contributed by atoms with Crippen molar-refractivity contribution in [2.75, 3.05) is 21.3 Å². The molecular formula is C9H14O3SiTe. The van der Waals surface area contributed by atoms with Crippen LogP contribution in [-0.4, -0.2) is 47.8 Å². The summed E-state index contributed by atoms with van der Waals surface area (Å²) in [5.41, 5.74) is 0. The molecule has 0 aliphatic heterocycles. The van der Waals surface area contributed by atoms with Crippen molar-refractivity contribution in [3.8, 4) is 0 Å². The first-order chi connectivity index (χ1) is 6.76. The molecule has 0 heterocycles. The first-order valence-electron chi connectivity index (χ1n) is 4.16. The number of rotatable bonds is 5. The zero-order valence-corrected chi connectivity index (χ0v) is 11.9. The molecule has 0 saturated heterocycles. The zero-order chi connectivity index (χ0) is 10.4. The molecule has 0 amide bonds. The van der Waals surface area contributed by atoms with Gasteiger partial charge in [-0.25, -0.2) is 0 Å². The monoisotopic (exact) mass is 328 g/mol. The van der Waals surface area contributed by atoms with Gasteiger partial charge in [-0.2, -0.15) is 0 Å². The third-order valence-corrected chi connectivity index (χ3v) is 12.9. The topological polar surface area (TPSA) is 27.7 Å². The van der Waals surface area contributed by atoms with Crippen LogP contribution in [0, 0.1) is 0 Å². The molecule has 0 N–H and O–H groups in total. The Balaban J connectivity index is 2.74. The van der Waals surface area contributed by atoms with E-state index in [2.05, 4.69) is 12.1 Å². The second-order valence-electron chi connectivity index (χ2n) is 2.53. The van der Waals surface area contributed by atoms with Crippen LogP contribution < -0.4 is 3.61 Å². The van der Waals surface area contributed by atoms with Crippen molar-refractivity contribution in [1.29, 1.82) is 0 Å². The predicted octanol–water partition coefficient (Wildman–Crippen LogP) is 0.391. The van der Waals surface area contributed by atoms with Crippen molar-refractivity contribution in [2.45, 2.75) is 0 Å². The van der Waals surface area contributed by atoms with E-state index in [0.29, 0.717) is 0 Å². The van der Waals surface area contributed by atoms with Gasteiger partial charge in [0.25, 0.3) is 0 Å². The van der Waals surface area contributed by atoms with Crippen LogP contribution in [-0.2, 0) is 13.3 Å². The number of hydrogen-bond acceptors (Lipinski definition) is 3. The summed E-state index contributed by atoms with van der Waals surface area (Å²) in [6.07, 6.45) is -2.33. The molecule has 0 spiro atoms. The summed E-state index contributed by atoms with van der Waals surface area (Å²) in [4.78, 5) is 0. The minimum absolute atomic E-state index is 0.546. The van der Waals surface area contributed by atoms with Gasteiger partial charge in [-0.1, -0.05) is 0 Å². The Bertz CT molecular complexity index is 256. The van der Waals surface area contributed by atoms with Crippen LogP contribution in [0.2, 0.25) is 0 Å². The maximum absolute atomic E-state index is 5.39. The van der Waals surface area contributed by atoms with Crippen molar-refractivity contribution in [3.63, 3.8) is 0 Å². The second-order valence-corrected chi connectivity index (χ2v) is 12.3. The normalized spacial score (nSPS) is 11.6. The molecule has 0 unspecified atom stereocenters. The standard InChI is InChI=1S/C9H14O3SiTe/c1-10-13(11-2,12-3)14-9-7-5-4-6-8-9/h4-8H,1-3H3. The number of benzene rings is 1. The third kappa shape index (κ3) is 3.06. The zero-order valence-electron chi connectivity index (χ0n) is 8.52. The molecule has 0 bridgehead atoms. The molecule has 0 fully saturated rings. The van der Waals surface area contributed by atoms with Crippen molar-refractivity contribution >= 4 is 30.1 Å². The first-order valence-corrected chi connectivity index (χ1v) is 10.4. The van der Waals surface area contributed by atoms with Gasteiger partial charge in [0.2, 0.25) is 0 Å². The Morgan fingerprint density at radius 2 is 1.43 bits per heavy atom. The van der Waals surface area contributed by atoms with Gasteiger partial charge in [-0.15, -0.1) is 0 Å². The van der Waals surface area contributed by atoms with E-state index in [4.69, 9.17) is 13.3 Å². The van der Waals surface area contributed by atoms with Crippen LogP contribution >= 0.6 is 0 Å². The Labute approximate surface area is 94.9 Å². The van der Waals surface area contributed by atoms with Gasteiger partial charge in [0.05, 0.1) is 0 Å². The predicted molar refractivity (Wildman–Crippen MR) is 58.6 cm³/mol. The average molecular weight is 326 g/mol. The summed E-state index contributed by atoms with van der Waals surface area (Å²) in [6, 6.07) is 10.3. The van der Waals surface area contributed by atoms with E-state index in [1.165, 1.54) is 3.61 Å². The fraction of sp³-hybridized carbons (Fsp3) is 0.333. The van der Waals surface area contributed by atoms with Crippen LogP contribution in [0.1, 0.15) is 0 Å². The van der Waals surface area contributed by atoms with Gasteiger partial charge in [0.1, 0.15) is 0 Å². The summed E-state index contributed by atoms with van der Waals surface area (Å²) in [6.45, 7) is 0. The van der Waals surface area contributed by atoms with Crippen LogP contribution in [0.3, 0.4) is 0 Å². The molecule has 3 nitrogen and oxygen atoms in total. The van der Waals surface area contributed by atoms with E-state index >= 15 is 0 Å². The molecule has 1 rings (SSSR count). The molecule has 0 atom stereocenters. The summed E-state index contributed by atoms with van der Waals surface area (Å²) >= 11 is -0.546. The Hall–Kier alpha value is 0.106. The van der Waals surface area contributed by atoms with E-state index in [1.54, 1.807) is 21.3 Å². The Kier molecular flexibility index (Phi) is 5.10. The van der Waals surface area contributed by atoms with Gasteiger partial charge < -0.3 is 0 Å². The fourth-order valence-electron chi connectivity index (χ4n) is 1.01. The Morgan fingerprint density at radius 3 is 1.86 bits per heavy atom. The third-order valence-electron chi connectivity index (χ3n) is 1.74. The first kappa shape index (κ1) is 12.2. The molecule has 1 aromatic rings. The maximum atomic E-state index is 5.39. The van der Waals surface area contributed by atoms with Gasteiger partial charge in [-0.3, -0.25) is 0 Å². The molecule has 1 aromatic carbocycles. The molecule has 14 heavy (non-hydrogen) atoms.